The minimum atomic E-state index is -0.00399. The zero-order chi connectivity index (χ0) is 19.1. The van der Waals surface area contributed by atoms with E-state index in [0.29, 0.717) is 12.6 Å². The lowest BCUT2D eigenvalue weighted by Crippen LogP contribution is -2.47. The molecule has 0 spiro atoms. The Bertz CT molecular complexity index is 625. The molecule has 28 heavy (non-hydrogen) atoms. The first-order valence-corrected chi connectivity index (χ1v) is 9.78. The maximum absolute atomic E-state index is 6.03. The Kier molecular flexibility index (Phi) is 9.60. The number of nitrogens with zero attached hydrogens (tertiary/aromatic N) is 3. The van der Waals surface area contributed by atoms with Crippen molar-refractivity contribution in [1.82, 2.24) is 15.1 Å². The molecule has 0 aliphatic carbocycles. The van der Waals surface area contributed by atoms with E-state index in [1.54, 1.807) is 7.11 Å². The van der Waals surface area contributed by atoms with E-state index in [-0.39, 0.29) is 30.1 Å². The van der Waals surface area contributed by atoms with Gasteiger partial charge in [-0.1, -0.05) is 12.1 Å². The van der Waals surface area contributed by atoms with E-state index in [4.69, 9.17) is 14.2 Å². The minimum absolute atomic E-state index is 0. The molecule has 8 heteroatoms. The highest BCUT2D eigenvalue weighted by Gasteiger charge is 2.30. The third-order valence-electron chi connectivity index (χ3n) is 5.18. The Morgan fingerprint density at radius 2 is 1.96 bits per heavy atom. The average Bonchev–Trinajstić information content (AvgIpc) is 3.19. The van der Waals surface area contributed by atoms with E-state index in [0.717, 1.165) is 56.9 Å². The fourth-order valence-electron chi connectivity index (χ4n) is 3.72. The van der Waals surface area contributed by atoms with E-state index in [1.165, 1.54) is 6.42 Å². The van der Waals surface area contributed by atoms with Crippen LogP contribution in [0.25, 0.3) is 0 Å². The first-order chi connectivity index (χ1) is 13.2. The highest BCUT2D eigenvalue weighted by Crippen LogP contribution is 2.26. The quantitative estimate of drug-likeness (QED) is 0.364. The summed E-state index contributed by atoms with van der Waals surface area (Å²) in [7, 11) is 3.50. The number of hydrogen-bond donors (Lipinski definition) is 1. The van der Waals surface area contributed by atoms with Gasteiger partial charge in [0.15, 0.2) is 17.5 Å². The van der Waals surface area contributed by atoms with Gasteiger partial charge >= 0.3 is 0 Å². The molecule has 2 unspecified atom stereocenters. The summed E-state index contributed by atoms with van der Waals surface area (Å²) < 4.78 is 16.9. The first kappa shape index (κ1) is 23.0. The van der Waals surface area contributed by atoms with Crippen LogP contribution in [-0.4, -0.2) is 88.0 Å². The third-order valence-corrected chi connectivity index (χ3v) is 5.18. The number of guanidine groups is 1. The van der Waals surface area contributed by atoms with E-state index in [9.17, 15) is 0 Å². The molecule has 158 valence electrons. The van der Waals surface area contributed by atoms with Crippen molar-refractivity contribution < 1.29 is 14.2 Å². The van der Waals surface area contributed by atoms with Crippen molar-refractivity contribution in [2.45, 2.75) is 25.5 Å². The fraction of sp³-hybridized carbons (Fsp3) is 0.650. The van der Waals surface area contributed by atoms with Crippen molar-refractivity contribution in [3.63, 3.8) is 0 Å². The van der Waals surface area contributed by atoms with Crippen LogP contribution < -0.4 is 14.8 Å². The molecule has 2 atom stereocenters. The Hall–Kier alpha value is -1.26. The lowest BCUT2D eigenvalue weighted by molar-refractivity contribution is 0.0194. The van der Waals surface area contributed by atoms with Gasteiger partial charge < -0.3 is 24.4 Å². The highest BCUT2D eigenvalue weighted by molar-refractivity contribution is 14.0. The lowest BCUT2D eigenvalue weighted by Gasteiger charge is -2.32. The molecule has 7 nitrogen and oxygen atoms in total. The van der Waals surface area contributed by atoms with Crippen LogP contribution in [0.1, 0.15) is 13.3 Å². The fourth-order valence-corrected chi connectivity index (χ4v) is 3.72. The van der Waals surface area contributed by atoms with Crippen LogP contribution in [-0.2, 0) is 4.74 Å². The second-order valence-electron chi connectivity index (χ2n) is 7.04. The minimum Gasteiger partial charge on any atom is -0.493 e. The van der Waals surface area contributed by atoms with Crippen molar-refractivity contribution in [2.24, 2.45) is 4.99 Å². The zero-order valence-corrected chi connectivity index (χ0v) is 19.4. The molecule has 2 aliphatic heterocycles. The molecule has 2 fully saturated rings. The summed E-state index contributed by atoms with van der Waals surface area (Å²) in [6.45, 7) is 8.55. The number of hydrogen-bond acceptors (Lipinski definition) is 5. The van der Waals surface area contributed by atoms with Crippen molar-refractivity contribution in [3.05, 3.63) is 24.3 Å². The van der Waals surface area contributed by atoms with E-state index in [1.807, 2.05) is 38.2 Å². The summed E-state index contributed by atoms with van der Waals surface area (Å²) in [6, 6.07) is 8.32. The maximum atomic E-state index is 6.03. The van der Waals surface area contributed by atoms with Crippen LogP contribution in [0.2, 0.25) is 0 Å². The van der Waals surface area contributed by atoms with Crippen LogP contribution >= 0.6 is 24.0 Å². The van der Waals surface area contributed by atoms with Gasteiger partial charge in [0.25, 0.3) is 0 Å². The van der Waals surface area contributed by atoms with Crippen molar-refractivity contribution >= 4 is 29.9 Å². The molecule has 0 amide bonds. The molecular formula is C20H33IN4O3. The van der Waals surface area contributed by atoms with Gasteiger partial charge in [-0.2, -0.15) is 0 Å². The van der Waals surface area contributed by atoms with Gasteiger partial charge in [0.1, 0.15) is 6.10 Å². The molecule has 0 saturated carbocycles. The third kappa shape index (κ3) is 6.12. The molecule has 3 rings (SSSR count). The number of aliphatic imine (C=N–C) groups is 1. The van der Waals surface area contributed by atoms with Gasteiger partial charge in [-0.05, 0) is 25.5 Å². The summed E-state index contributed by atoms with van der Waals surface area (Å²) in [5, 5.41) is 3.46. The maximum Gasteiger partial charge on any atom is 0.193 e. The Morgan fingerprint density at radius 3 is 2.64 bits per heavy atom. The van der Waals surface area contributed by atoms with Crippen LogP contribution in [0.15, 0.2) is 29.3 Å². The summed E-state index contributed by atoms with van der Waals surface area (Å²) in [6.07, 6.45) is 1.17. The van der Waals surface area contributed by atoms with Gasteiger partial charge in [-0.15, -0.1) is 24.0 Å². The first-order valence-electron chi connectivity index (χ1n) is 9.78. The Balaban J connectivity index is 0.00000280. The Labute approximate surface area is 185 Å². The van der Waals surface area contributed by atoms with Gasteiger partial charge in [-0.3, -0.25) is 9.89 Å². The summed E-state index contributed by atoms with van der Waals surface area (Å²) in [4.78, 5) is 9.36. The number of methoxy groups -OCH3 is 1. The number of para-hydroxylation sites is 2. The molecule has 2 heterocycles. The summed E-state index contributed by atoms with van der Waals surface area (Å²) in [5.74, 6) is 2.46. The zero-order valence-electron chi connectivity index (χ0n) is 17.1. The Morgan fingerprint density at radius 1 is 1.25 bits per heavy atom. The second-order valence-corrected chi connectivity index (χ2v) is 7.04. The highest BCUT2D eigenvalue weighted by atomic mass is 127. The van der Waals surface area contributed by atoms with Gasteiger partial charge in [0.2, 0.25) is 0 Å². The standard InChI is InChI=1S/C20H32N4O3.HI/c1-16(27-19-7-5-4-6-18(19)25-3)14-22-20(21-2)24-9-8-17(15-24)23-10-12-26-13-11-23;/h4-7,16-17H,8-15H2,1-3H3,(H,21,22);1H. The van der Waals surface area contributed by atoms with Crippen LogP contribution in [0, 0.1) is 0 Å². The van der Waals surface area contributed by atoms with Crippen LogP contribution in [0.5, 0.6) is 11.5 Å². The molecule has 0 aromatic heterocycles. The smallest absolute Gasteiger partial charge is 0.193 e. The number of rotatable bonds is 6. The second kappa shape index (κ2) is 11.7. The van der Waals surface area contributed by atoms with E-state index in [2.05, 4.69) is 20.1 Å². The van der Waals surface area contributed by atoms with Crippen LogP contribution in [0.4, 0.5) is 0 Å². The number of halogens is 1. The molecule has 2 saturated heterocycles. The largest absolute Gasteiger partial charge is 0.493 e. The molecule has 2 aliphatic rings. The molecule has 1 aromatic rings. The molecular weight excluding hydrogens is 471 g/mol. The van der Waals surface area contributed by atoms with Crippen molar-refractivity contribution in [1.29, 1.82) is 0 Å². The lowest BCUT2D eigenvalue weighted by atomic mass is 10.2. The van der Waals surface area contributed by atoms with Gasteiger partial charge in [-0.25, -0.2) is 0 Å². The SMILES string of the molecule is CN=C(NCC(C)Oc1ccccc1OC)N1CCC(N2CCOCC2)C1.I. The number of ether oxygens (including phenoxy) is 3. The van der Waals surface area contributed by atoms with E-state index < -0.39 is 0 Å². The van der Waals surface area contributed by atoms with E-state index >= 15 is 0 Å². The number of benzene rings is 1. The monoisotopic (exact) mass is 504 g/mol. The van der Waals surface area contributed by atoms with Gasteiger partial charge in [0, 0.05) is 39.3 Å². The summed E-state index contributed by atoms with van der Waals surface area (Å²) in [5.41, 5.74) is 0. The van der Waals surface area contributed by atoms with Crippen molar-refractivity contribution in [2.75, 3.05) is 60.1 Å². The average molecular weight is 504 g/mol. The number of nitrogens with one attached hydrogen (secondary N) is 1. The molecule has 1 aromatic carbocycles. The van der Waals surface area contributed by atoms with Crippen LogP contribution in [0.3, 0.4) is 0 Å². The molecule has 1 N–H and O–H groups in total. The van der Waals surface area contributed by atoms with Gasteiger partial charge in [0.05, 0.1) is 26.9 Å². The predicted molar refractivity (Wildman–Crippen MR) is 122 cm³/mol. The number of likely N-dealkylation sites (tertiary alicyclic amines) is 1. The predicted octanol–water partition coefficient (Wildman–Crippen LogP) is 2.06. The number of morpholine rings is 1. The normalized spacial score (nSPS) is 21.8. The van der Waals surface area contributed by atoms with Crippen molar-refractivity contribution in [3.8, 4) is 11.5 Å². The summed E-state index contributed by atoms with van der Waals surface area (Å²) >= 11 is 0. The topological polar surface area (TPSA) is 58.6 Å². The molecule has 0 bridgehead atoms. The molecule has 0 radical (unpaired) electrons.